The van der Waals surface area contributed by atoms with Crippen molar-refractivity contribution in [2.24, 2.45) is 0 Å². The van der Waals surface area contributed by atoms with Crippen LogP contribution in [0.1, 0.15) is 37.2 Å². The third-order valence-corrected chi connectivity index (χ3v) is 4.69. The van der Waals surface area contributed by atoms with Crippen molar-refractivity contribution in [3.8, 4) is 11.3 Å². The highest BCUT2D eigenvalue weighted by molar-refractivity contribution is 6.33. The van der Waals surface area contributed by atoms with Gasteiger partial charge < -0.3 is 4.90 Å². The maximum Gasteiger partial charge on any atom is 0.272 e. The van der Waals surface area contributed by atoms with E-state index < -0.39 is 0 Å². The van der Waals surface area contributed by atoms with E-state index in [9.17, 15) is 4.79 Å². The van der Waals surface area contributed by atoms with Gasteiger partial charge in [0.15, 0.2) is 0 Å². The fourth-order valence-corrected chi connectivity index (χ4v) is 3.41. The third kappa shape index (κ3) is 3.73. The minimum atomic E-state index is -0.0206. The van der Waals surface area contributed by atoms with Gasteiger partial charge in [-0.05, 0) is 30.4 Å². The van der Waals surface area contributed by atoms with Gasteiger partial charge in [-0.2, -0.15) is 0 Å². The smallest absolute Gasteiger partial charge is 0.272 e. The Morgan fingerprint density at radius 2 is 1.65 bits per heavy atom. The Labute approximate surface area is 159 Å². The van der Waals surface area contributed by atoms with E-state index in [4.69, 9.17) is 16.6 Å². The van der Waals surface area contributed by atoms with Gasteiger partial charge in [-0.25, -0.2) is 4.98 Å². The highest BCUT2D eigenvalue weighted by atomic mass is 35.5. The van der Waals surface area contributed by atoms with Gasteiger partial charge in [0.1, 0.15) is 5.69 Å². The lowest BCUT2D eigenvalue weighted by Gasteiger charge is -2.21. The lowest BCUT2D eigenvalue weighted by Crippen LogP contribution is -2.33. The monoisotopic (exact) mass is 364 g/mol. The molecule has 0 spiro atoms. The summed E-state index contributed by atoms with van der Waals surface area (Å²) in [6.07, 6.45) is 1.85. The van der Waals surface area contributed by atoms with Crippen molar-refractivity contribution >= 4 is 28.3 Å². The molecule has 1 amide bonds. The van der Waals surface area contributed by atoms with Crippen molar-refractivity contribution in [1.82, 2.24) is 9.88 Å². The van der Waals surface area contributed by atoms with Crippen molar-refractivity contribution in [3.05, 3.63) is 65.3 Å². The molecule has 0 aliphatic carbocycles. The van der Waals surface area contributed by atoms with Crippen LogP contribution in [0.4, 0.5) is 0 Å². The van der Waals surface area contributed by atoms with E-state index >= 15 is 0 Å². The molecule has 3 rings (SSSR count). The normalized spacial score (nSPS) is 10.9. The van der Waals surface area contributed by atoms with Crippen molar-refractivity contribution in [2.45, 2.75) is 26.7 Å². The number of halogens is 1. The van der Waals surface area contributed by atoms with Gasteiger partial charge in [0.05, 0.1) is 5.69 Å². The first-order valence-electron chi connectivity index (χ1n) is 9.09. The lowest BCUT2D eigenvalue weighted by atomic mass is 9.73. The van der Waals surface area contributed by atoms with Crippen LogP contribution < -0.4 is 0 Å². The summed E-state index contributed by atoms with van der Waals surface area (Å²) in [5.74, 6) is -0.0206. The molecule has 2 aromatic carbocycles. The minimum absolute atomic E-state index is 0.0206. The highest BCUT2D eigenvalue weighted by Gasteiger charge is 2.19. The van der Waals surface area contributed by atoms with Crippen LogP contribution in [-0.2, 0) is 0 Å². The van der Waals surface area contributed by atoms with Crippen LogP contribution in [0.25, 0.3) is 22.0 Å². The molecule has 3 aromatic rings. The number of pyridine rings is 1. The van der Waals surface area contributed by atoms with Crippen LogP contribution in [0.3, 0.4) is 0 Å². The quantitative estimate of drug-likeness (QED) is 0.552. The molecule has 0 aliphatic heterocycles. The Balaban J connectivity index is 2.16. The molecule has 1 heterocycles. The van der Waals surface area contributed by atoms with E-state index in [1.807, 2.05) is 59.5 Å². The Hall–Kier alpha value is -2.39. The Morgan fingerprint density at radius 3 is 2.35 bits per heavy atom. The minimum Gasteiger partial charge on any atom is -0.337 e. The number of aromatic nitrogens is 1. The first kappa shape index (κ1) is 18.4. The number of carbonyl (C=O) groups excluding carboxylic acids is 1. The van der Waals surface area contributed by atoms with Crippen LogP contribution in [0.2, 0.25) is 5.02 Å². The number of fused-ring (bicyclic) bond motifs is 1. The van der Waals surface area contributed by atoms with Crippen LogP contribution in [0.5, 0.6) is 0 Å². The molecule has 134 valence electrons. The second kappa shape index (κ2) is 8.33. The number of amides is 1. The third-order valence-electron chi connectivity index (χ3n) is 4.36. The van der Waals surface area contributed by atoms with Crippen molar-refractivity contribution in [1.29, 1.82) is 0 Å². The summed E-state index contributed by atoms with van der Waals surface area (Å²) >= 11 is 6.42. The van der Waals surface area contributed by atoms with Crippen molar-refractivity contribution < 1.29 is 4.79 Å². The van der Waals surface area contributed by atoms with E-state index in [1.54, 1.807) is 0 Å². The maximum absolute atomic E-state index is 13.1. The highest BCUT2D eigenvalue weighted by Crippen LogP contribution is 2.32. The van der Waals surface area contributed by atoms with E-state index in [0.29, 0.717) is 10.7 Å². The zero-order valence-corrected chi connectivity index (χ0v) is 16.0. The van der Waals surface area contributed by atoms with Gasteiger partial charge in [-0.1, -0.05) is 67.9 Å². The SMILES string of the molecule is CCCN(CCC)[11C](=O)c1c[11c]2ccccc2c(-c2ccccc2Cl)n1. The predicted molar refractivity (Wildman–Crippen MR) is 109 cm³/mol. The Morgan fingerprint density at radius 1 is 1.00 bits per heavy atom. The second-order valence-corrected chi connectivity index (χ2v) is 6.76. The van der Waals surface area contributed by atoms with Crippen LogP contribution in [0.15, 0.2) is 54.6 Å². The lowest BCUT2D eigenvalue weighted by molar-refractivity contribution is 0.0750. The molecule has 0 fully saturated rings. The van der Waals surface area contributed by atoms with Gasteiger partial charge in [-0.3, -0.25) is 4.79 Å². The maximum atomic E-state index is 13.1. The van der Waals surface area contributed by atoms with Gasteiger partial charge in [0.2, 0.25) is 0 Å². The second-order valence-electron chi connectivity index (χ2n) is 6.35. The number of hydrogen-bond acceptors (Lipinski definition) is 2. The summed E-state index contributed by atoms with van der Waals surface area (Å²) in [6.45, 7) is 5.64. The molecule has 26 heavy (non-hydrogen) atoms. The van der Waals surface area contributed by atoms with Crippen molar-refractivity contribution in [3.63, 3.8) is 0 Å². The summed E-state index contributed by atoms with van der Waals surface area (Å²) in [7, 11) is 0. The van der Waals surface area contributed by atoms with Crippen LogP contribution in [0, 0.1) is 0 Å². The number of benzene rings is 2. The molecule has 0 N–H and O–H groups in total. The molecular weight excluding hydrogens is 342 g/mol. The van der Waals surface area contributed by atoms with E-state index in [2.05, 4.69) is 13.8 Å². The average molecular weight is 365 g/mol. The largest absolute Gasteiger partial charge is 0.337 e. The predicted octanol–water partition coefficient (Wildman–Crippen LogP) is 5.82. The summed E-state index contributed by atoms with van der Waals surface area (Å²) in [4.78, 5) is 19.7. The molecule has 0 unspecified atom stereocenters. The zero-order valence-electron chi connectivity index (χ0n) is 15.2. The molecule has 0 saturated heterocycles. The molecule has 0 atom stereocenters. The average Bonchev–Trinajstić information content (AvgIpc) is 2.67. The summed E-state index contributed by atoms with van der Waals surface area (Å²) in [5, 5.41) is 2.62. The molecule has 1 aromatic heterocycles. The van der Waals surface area contributed by atoms with E-state index in [0.717, 1.165) is 48.0 Å². The first-order chi connectivity index (χ1) is 12.7. The molecule has 3 nitrogen and oxygen atoms in total. The topological polar surface area (TPSA) is 33.2 Å². The van der Waals surface area contributed by atoms with Gasteiger partial charge >= 0.3 is 0 Å². The van der Waals surface area contributed by atoms with Crippen molar-refractivity contribution in [2.75, 3.05) is 13.1 Å². The number of hydrogen-bond donors (Lipinski definition) is 0. The van der Waals surface area contributed by atoms with E-state index in [-0.39, 0.29) is 5.91 Å². The Bertz CT molecular complexity index is 917. The fourth-order valence-electron chi connectivity index (χ4n) is 3.18. The van der Waals surface area contributed by atoms with E-state index in [1.165, 1.54) is 0 Å². The standard InChI is InChI=1S/C22H23ClN2O/c1-3-13-25(14-4-2)22(26)20-15-16-9-5-6-10-17(16)21(24-20)18-11-7-8-12-19(18)23/h5-12,15H,3-4,13-14H2,1-2H3/i16-1,22-1. The first-order valence-corrected chi connectivity index (χ1v) is 9.47. The molecule has 4 heteroatoms. The van der Waals surface area contributed by atoms with Crippen LogP contribution in [-0.4, -0.2) is 28.9 Å². The molecular formula is C22H23ClN2O. The summed E-state index contributed by atoms with van der Waals surface area (Å²) < 4.78 is 0. The number of rotatable bonds is 6. The molecule has 0 bridgehead atoms. The number of carbonyl (C=O) groups is 1. The molecule has 0 radical (unpaired) electrons. The number of nitrogens with zero attached hydrogens (tertiary/aromatic N) is 2. The molecule has 0 aliphatic rings. The van der Waals surface area contributed by atoms with Gasteiger partial charge in [0, 0.05) is 29.1 Å². The van der Waals surface area contributed by atoms with Gasteiger partial charge in [0.25, 0.3) is 5.91 Å². The van der Waals surface area contributed by atoms with Gasteiger partial charge in [-0.15, -0.1) is 0 Å². The Kier molecular flexibility index (Phi) is 5.89. The molecule has 0 saturated carbocycles. The van der Waals surface area contributed by atoms with Crippen LogP contribution >= 0.6 is 11.6 Å². The zero-order chi connectivity index (χ0) is 18.5. The summed E-state index contributed by atoms with van der Waals surface area (Å²) in [5.41, 5.74) is 2.07. The fraction of sp³-hybridized carbons (Fsp3) is 0.273. The summed E-state index contributed by atoms with van der Waals surface area (Å²) in [6, 6.07) is 17.5.